The van der Waals surface area contributed by atoms with E-state index in [-0.39, 0.29) is 0 Å². The van der Waals surface area contributed by atoms with Gasteiger partial charge in [0, 0.05) is 18.5 Å². The van der Waals surface area contributed by atoms with Gasteiger partial charge in [-0.3, -0.25) is 0 Å². The van der Waals surface area contributed by atoms with Gasteiger partial charge in [0.05, 0.1) is 5.39 Å². The minimum absolute atomic E-state index is 0.698. The third-order valence-electron chi connectivity index (χ3n) is 4.03. The Labute approximate surface area is 124 Å². The van der Waals surface area contributed by atoms with Crippen molar-refractivity contribution >= 4 is 33.3 Å². The first kappa shape index (κ1) is 13.6. The van der Waals surface area contributed by atoms with Crippen LogP contribution in [-0.2, 0) is 6.42 Å². The molecule has 20 heavy (non-hydrogen) atoms. The van der Waals surface area contributed by atoms with Crippen molar-refractivity contribution in [3.05, 3.63) is 10.9 Å². The van der Waals surface area contributed by atoms with Crippen molar-refractivity contribution in [1.82, 2.24) is 9.97 Å². The zero-order valence-corrected chi connectivity index (χ0v) is 13.2. The zero-order valence-electron chi connectivity index (χ0n) is 12.4. The van der Waals surface area contributed by atoms with E-state index in [0.717, 1.165) is 40.8 Å². The van der Waals surface area contributed by atoms with E-state index in [2.05, 4.69) is 40.5 Å². The molecule has 108 valence electrons. The van der Waals surface area contributed by atoms with E-state index in [4.69, 9.17) is 0 Å². The molecular weight excluding hydrogens is 268 g/mol. The van der Waals surface area contributed by atoms with Gasteiger partial charge in [-0.1, -0.05) is 13.8 Å². The van der Waals surface area contributed by atoms with E-state index < -0.39 is 0 Å². The lowest BCUT2D eigenvalue weighted by molar-refractivity contribution is 0.536. The largest absolute Gasteiger partial charge is 0.369 e. The fourth-order valence-electron chi connectivity index (χ4n) is 2.48. The topological polar surface area (TPSA) is 49.8 Å². The number of fused-ring (bicyclic) bond motifs is 1. The summed E-state index contributed by atoms with van der Waals surface area (Å²) in [7, 11) is 1.87. The lowest BCUT2D eigenvalue weighted by Crippen LogP contribution is -2.14. The van der Waals surface area contributed by atoms with E-state index in [1.165, 1.54) is 17.7 Å². The number of anilines is 2. The summed E-state index contributed by atoms with van der Waals surface area (Å²) in [6.07, 6.45) is 3.83. The normalized spacial score (nSPS) is 16.4. The van der Waals surface area contributed by atoms with Crippen LogP contribution in [0, 0.1) is 11.8 Å². The molecule has 4 nitrogen and oxygen atoms in total. The smallest absolute Gasteiger partial charge is 0.225 e. The van der Waals surface area contributed by atoms with Crippen molar-refractivity contribution in [3.63, 3.8) is 0 Å². The summed E-state index contributed by atoms with van der Waals surface area (Å²) in [6, 6.07) is 2.23. The minimum atomic E-state index is 0.698. The van der Waals surface area contributed by atoms with Gasteiger partial charge in [-0.25, -0.2) is 4.98 Å². The van der Waals surface area contributed by atoms with Crippen LogP contribution in [0.4, 0.5) is 11.8 Å². The highest BCUT2D eigenvalue weighted by Crippen LogP contribution is 2.37. The second kappa shape index (κ2) is 5.56. The van der Waals surface area contributed by atoms with Crippen molar-refractivity contribution in [2.75, 3.05) is 24.2 Å². The molecular formula is C15H22N4S. The first-order valence-electron chi connectivity index (χ1n) is 7.43. The summed E-state index contributed by atoms with van der Waals surface area (Å²) in [5, 5.41) is 7.75. The maximum atomic E-state index is 4.59. The summed E-state index contributed by atoms with van der Waals surface area (Å²) >= 11 is 1.76. The summed E-state index contributed by atoms with van der Waals surface area (Å²) in [6.45, 7) is 5.50. The van der Waals surface area contributed by atoms with Crippen molar-refractivity contribution in [1.29, 1.82) is 0 Å². The lowest BCUT2D eigenvalue weighted by Gasteiger charge is -2.13. The van der Waals surface area contributed by atoms with Crippen LogP contribution in [-0.4, -0.2) is 23.6 Å². The number of nitrogens with one attached hydrogen (secondary N) is 2. The van der Waals surface area contributed by atoms with Crippen LogP contribution < -0.4 is 10.6 Å². The van der Waals surface area contributed by atoms with Gasteiger partial charge in [0.1, 0.15) is 10.6 Å². The number of hydrogen-bond donors (Lipinski definition) is 2. The van der Waals surface area contributed by atoms with Gasteiger partial charge < -0.3 is 10.6 Å². The second-order valence-corrected chi connectivity index (χ2v) is 6.74. The monoisotopic (exact) mass is 290 g/mol. The Balaban J connectivity index is 1.87. The van der Waals surface area contributed by atoms with Gasteiger partial charge in [-0.05, 0) is 37.2 Å². The SMILES string of the molecule is CCc1cc2c(NCC(C)C3CC3)nc(NC)nc2s1. The Bertz CT molecular complexity index is 603. The van der Waals surface area contributed by atoms with Crippen molar-refractivity contribution < 1.29 is 0 Å². The molecule has 2 heterocycles. The van der Waals surface area contributed by atoms with Gasteiger partial charge in [0.25, 0.3) is 0 Å². The Morgan fingerprint density at radius 3 is 2.85 bits per heavy atom. The van der Waals surface area contributed by atoms with Crippen LogP contribution in [0.3, 0.4) is 0 Å². The summed E-state index contributed by atoms with van der Waals surface area (Å²) in [4.78, 5) is 11.6. The van der Waals surface area contributed by atoms with Crippen molar-refractivity contribution in [3.8, 4) is 0 Å². The van der Waals surface area contributed by atoms with Crippen molar-refractivity contribution in [2.24, 2.45) is 11.8 Å². The third-order valence-corrected chi connectivity index (χ3v) is 5.21. The minimum Gasteiger partial charge on any atom is -0.369 e. The van der Waals surface area contributed by atoms with E-state index in [9.17, 15) is 0 Å². The molecule has 2 aromatic heterocycles. The molecule has 1 unspecified atom stereocenters. The number of nitrogens with zero attached hydrogens (tertiary/aromatic N) is 2. The number of rotatable bonds is 6. The maximum absolute atomic E-state index is 4.59. The molecule has 0 saturated heterocycles. The fourth-order valence-corrected chi connectivity index (χ4v) is 3.45. The van der Waals surface area contributed by atoms with E-state index >= 15 is 0 Å². The quantitative estimate of drug-likeness (QED) is 0.850. The average Bonchev–Trinajstić information content (AvgIpc) is 3.23. The molecule has 0 aromatic carbocycles. The molecule has 0 spiro atoms. The highest BCUT2D eigenvalue weighted by molar-refractivity contribution is 7.18. The Morgan fingerprint density at radius 2 is 2.20 bits per heavy atom. The molecule has 1 fully saturated rings. The number of thiophene rings is 1. The van der Waals surface area contributed by atoms with Crippen LogP contribution in [0.2, 0.25) is 0 Å². The molecule has 3 rings (SSSR count). The molecule has 0 radical (unpaired) electrons. The molecule has 1 aliphatic carbocycles. The third kappa shape index (κ3) is 2.73. The number of hydrogen-bond acceptors (Lipinski definition) is 5. The Morgan fingerprint density at radius 1 is 1.40 bits per heavy atom. The number of aryl methyl sites for hydroxylation is 1. The average molecular weight is 290 g/mol. The summed E-state index contributed by atoms with van der Waals surface area (Å²) in [5.41, 5.74) is 0. The predicted octanol–water partition coefficient (Wildman–Crippen LogP) is 3.75. The lowest BCUT2D eigenvalue weighted by atomic mass is 10.1. The van der Waals surface area contributed by atoms with Crippen LogP contribution >= 0.6 is 11.3 Å². The van der Waals surface area contributed by atoms with E-state index in [1.54, 1.807) is 11.3 Å². The molecule has 0 aliphatic heterocycles. The molecule has 2 aromatic rings. The number of aromatic nitrogens is 2. The van der Waals surface area contributed by atoms with Crippen LogP contribution in [0.1, 0.15) is 31.6 Å². The van der Waals surface area contributed by atoms with Crippen molar-refractivity contribution in [2.45, 2.75) is 33.1 Å². The van der Waals surface area contributed by atoms with Crippen LogP contribution in [0.25, 0.3) is 10.2 Å². The van der Waals surface area contributed by atoms with Gasteiger partial charge in [0.2, 0.25) is 5.95 Å². The molecule has 2 N–H and O–H groups in total. The fraction of sp³-hybridized carbons (Fsp3) is 0.600. The molecule has 5 heteroatoms. The second-order valence-electron chi connectivity index (χ2n) is 5.63. The van der Waals surface area contributed by atoms with Crippen LogP contribution in [0.5, 0.6) is 0 Å². The molecule has 1 saturated carbocycles. The standard InChI is InChI=1S/C15H22N4S/c1-4-11-7-12-13(17-8-9(2)10-5-6-10)18-15(16-3)19-14(12)20-11/h7,9-10H,4-6,8H2,1-3H3,(H2,16,17,18,19). The summed E-state index contributed by atoms with van der Waals surface area (Å²) in [5.74, 6) is 3.31. The van der Waals surface area contributed by atoms with Gasteiger partial charge >= 0.3 is 0 Å². The van der Waals surface area contributed by atoms with Gasteiger partial charge in [0.15, 0.2) is 0 Å². The van der Waals surface area contributed by atoms with E-state index in [0.29, 0.717) is 5.95 Å². The zero-order chi connectivity index (χ0) is 14.1. The Hall–Kier alpha value is -1.36. The van der Waals surface area contributed by atoms with Gasteiger partial charge in [-0.2, -0.15) is 4.98 Å². The van der Waals surface area contributed by atoms with E-state index in [1.807, 2.05) is 7.05 Å². The first-order chi connectivity index (χ1) is 9.71. The molecule has 1 aliphatic rings. The first-order valence-corrected chi connectivity index (χ1v) is 8.25. The predicted molar refractivity (Wildman–Crippen MR) is 86.7 cm³/mol. The Kier molecular flexibility index (Phi) is 3.78. The highest BCUT2D eigenvalue weighted by Gasteiger charge is 2.27. The molecule has 0 bridgehead atoms. The highest BCUT2D eigenvalue weighted by atomic mass is 32.1. The van der Waals surface area contributed by atoms with Crippen LogP contribution in [0.15, 0.2) is 6.07 Å². The summed E-state index contributed by atoms with van der Waals surface area (Å²) < 4.78 is 0. The van der Waals surface area contributed by atoms with Gasteiger partial charge in [-0.15, -0.1) is 11.3 Å². The molecule has 0 amide bonds. The maximum Gasteiger partial charge on any atom is 0.225 e. The molecule has 1 atom stereocenters.